The van der Waals surface area contributed by atoms with Gasteiger partial charge in [0, 0.05) is 0 Å². The third-order valence-electron chi connectivity index (χ3n) is 0.850. The van der Waals surface area contributed by atoms with Gasteiger partial charge in [0.15, 0.2) is 0 Å². The fourth-order valence-corrected chi connectivity index (χ4v) is 0.462. The molecule has 0 radical (unpaired) electrons. The molecule has 4 nitrogen and oxygen atoms in total. The molecule has 0 atom stereocenters. The predicted octanol–water partition coefficient (Wildman–Crippen LogP) is -0.222. The minimum Gasteiger partial charge on any atom is -0.481 e. The lowest BCUT2D eigenvalue weighted by Gasteiger charge is -1.93. The van der Waals surface area contributed by atoms with Crippen LogP contribution in [0.15, 0.2) is 17.2 Å². The molecular weight excluding hydrogens is 120 g/mol. The maximum Gasteiger partial charge on any atom is 0.269 e. The van der Waals surface area contributed by atoms with E-state index in [-0.39, 0.29) is 5.56 Å². The Morgan fingerprint density at radius 1 is 1.67 bits per heavy atom. The van der Waals surface area contributed by atoms with E-state index in [1.54, 1.807) is 0 Å². The summed E-state index contributed by atoms with van der Waals surface area (Å²) in [6.07, 6.45) is 2.62. The number of nitrogens with one attached hydrogen (secondary N) is 1. The van der Waals surface area contributed by atoms with Crippen molar-refractivity contribution in [3.8, 4) is 5.88 Å². The van der Waals surface area contributed by atoms with Crippen molar-refractivity contribution >= 4 is 0 Å². The molecule has 9 heavy (non-hydrogen) atoms. The molecule has 1 N–H and O–H groups in total. The highest BCUT2D eigenvalue weighted by atomic mass is 16.5. The Labute approximate surface area is 51.5 Å². The van der Waals surface area contributed by atoms with E-state index in [2.05, 4.69) is 14.7 Å². The molecule has 0 fully saturated rings. The fraction of sp³-hybridized carbons (Fsp3) is 0.200. The van der Waals surface area contributed by atoms with Gasteiger partial charge in [0.2, 0.25) is 5.88 Å². The third kappa shape index (κ3) is 1.28. The summed E-state index contributed by atoms with van der Waals surface area (Å²) in [4.78, 5) is 16.5. The summed E-state index contributed by atoms with van der Waals surface area (Å²) >= 11 is 0. The monoisotopic (exact) mass is 126 g/mol. The number of rotatable bonds is 1. The van der Waals surface area contributed by atoms with Gasteiger partial charge in [0.25, 0.3) is 5.56 Å². The van der Waals surface area contributed by atoms with Crippen LogP contribution >= 0.6 is 0 Å². The summed E-state index contributed by atoms with van der Waals surface area (Å²) < 4.78 is 4.68. The standard InChI is InChI=1S/C5H6N2O2/c1-9-5-3-6-2-4(8)7-5/h2-3H,1H3,(H,7,8). The first-order chi connectivity index (χ1) is 4.33. The molecule has 0 aliphatic heterocycles. The van der Waals surface area contributed by atoms with Crippen molar-refractivity contribution in [1.29, 1.82) is 0 Å². The molecule has 0 aromatic carbocycles. The normalized spacial score (nSPS) is 9.00. The first kappa shape index (κ1) is 5.81. The summed E-state index contributed by atoms with van der Waals surface area (Å²) in [5.41, 5.74) is -0.255. The summed E-state index contributed by atoms with van der Waals surface area (Å²) in [7, 11) is 1.47. The second-order valence-corrected chi connectivity index (χ2v) is 1.46. The van der Waals surface area contributed by atoms with Gasteiger partial charge in [-0.25, -0.2) is 0 Å². The molecule has 0 bridgehead atoms. The van der Waals surface area contributed by atoms with Crippen molar-refractivity contribution in [3.05, 3.63) is 22.7 Å². The number of hydrogen-bond acceptors (Lipinski definition) is 3. The molecule has 1 rings (SSSR count). The van der Waals surface area contributed by atoms with E-state index in [0.717, 1.165) is 0 Å². The topological polar surface area (TPSA) is 55.0 Å². The number of aromatic amines is 1. The second-order valence-electron chi connectivity index (χ2n) is 1.46. The highest BCUT2D eigenvalue weighted by molar-refractivity contribution is 5.00. The van der Waals surface area contributed by atoms with Gasteiger partial charge in [-0.15, -0.1) is 0 Å². The third-order valence-corrected chi connectivity index (χ3v) is 0.850. The predicted molar refractivity (Wildman–Crippen MR) is 31.4 cm³/mol. The molecule has 0 amide bonds. The van der Waals surface area contributed by atoms with Gasteiger partial charge in [-0.1, -0.05) is 0 Å². The molecule has 48 valence electrons. The van der Waals surface area contributed by atoms with Gasteiger partial charge >= 0.3 is 0 Å². The van der Waals surface area contributed by atoms with Crippen molar-refractivity contribution in [2.45, 2.75) is 0 Å². The number of ether oxygens (including phenoxy) is 1. The summed E-state index contributed by atoms with van der Waals surface area (Å²) in [5.74, 6) is 0.377. The van der Waals surface area contributed by atoms with Crippen LogP contribution in [0.1, 0.15) is 0 Å². The van der Waals surface area contributed by atoms with Crippen LogP contribution in [0.2, 0.25) is 0 Å². The quantitative estimate of drug-likeness (QED) is 0.565. The minimum atomic E-state index is -0.255. The second kappa shape index (κ2) is 2.30. The van der Waals surface area contributed by atoms with Gasteiger partial charge in [-0.2, -0.15) is 0 Å². The van der Waals surface area contributed by atoms with E-state index in [1.165, 1.54) is 19.5 Å². The van der Waals surface area contributed by atoms with Crippen LogP contribution in [0, 0.1) is 0 Å². The summed E-state index contributed by atoms with van der Waals surface area (Å²) in [6, 6.07) is 0. The lowest BCUT2D eigenvalue weighted by molar-refractivity contribution is 0.394. The van der Waals surface area contributed by atoms with Gasteiger partial charge in [-0.05, 0) is 0 Å². The van der Waals surface area contributed by atoms with Crippen molar-refractivity contribution in [1.82, 2.24) is 9.97 Å². The number of H-pyrrole nitrogens is 1. The maximum atomic E-state index is 10.5. The Morgan fingerprint density at radius 2 is 2.44 bits per heavy atom. The number of nitrogens with zero attached hydrogens (tertiary/aromatic N) is 1. The SMILES string of the molecule is COc1cncc(=O)[nH]1. The fourth-order valence-electron chi connectivity index (χ4n) is 0.462. The smallest absolute Gasteiger partial charge is 0.269 e. The van der Waals surface area contributed by atoms with Crippen molar-refractivity contribution in [2.75, 3.05) is 7.11 Å². The van der Waals surface area contributed by atoms with Crippen LogP contribution in [-0.2, 0) is 0 Å². The van der Waals surface area contributed by atoms with E-state index in [1.807, 2.05) is 0 Å². The molecule has 0 aliphatic rings. The van der Waals surface area contributed by atoms with Crippen LogP contribution in [0.5, 0.6) is 5.88 Å². The Balaban J connectivity index is 3.08. The molecule has 0 saturated carbocycles. The molecule has 0 unspecified atom stereocenters. The zero-order valence-electron chi connectivity index (χ0n) is 4.92. The highest BCUT2D eigenvalue weighted by Crippen LogP contribution is 1.93. The molecule has 4 heteroatoms. The van der Waals surface area contributed by atoms with Crippen LogP contribution in [-0.4, -0.2) is 17.1 Å². The zero-order chi connectivity index (χ0) is 6.69. The average Bonchev–Trinajstić information content (AvgIpc) is 1.88. The van der Waals surface area contributed by atoms with Crippen LogP contribution < -0.4 is 10.3 Å². The molecule has 1 aromatic heterocycles. The van der Waals surface area contributed by atoms with Crippen LogP contribution in [0.25, 0.3) is 0 Å². The van der Waals surface area contributed by atoms with Crippen LogP contribution in [0.3, 0.4) is 0 Å². The largest absolute Gasteiger partial charge is 0.481 e. The van der Waals surface area contributed by atoms with Gasteiger partial charge in [0.05, 0.1) is 19.5 Å². The lowest BCUT2D eigenvalue weighted by atomic mass is 10.7. The van der Waals surface area contributed by atoms with E-state index in [9.17, 15) is 4.79 Å². The number of aromatic nitrogens is 2. The van der Waals surface area contributed by atoms with Gasteiger partial charge in [-0.3, -0.25) is 14.8 Å². The van der Waals surface area contributed by atoms with E-state index < -0.39 is 0 Å². The lowest BCUT2D eigenvalue weighted by Crippen LogP contribution is -2.05. The summed E-state index contributed by atoms with van der Waals surface area (Å²) in [6.45, 7) is 0. The van der Waals surface area contributed by atoms with E-state index in [0.29, 0.717) is 5.88 Å². The molecule has 1 aromatic rings. The highest BCUT2D eigenvalue weighted by Gasteiger charge is 1.87. The molecule has 0 spiro atoms. The number of hydrogen-bond donors (Lipinski definition) is 1. The van der Waals surface area contributed by atoms with Gasteiger partial charge < -0.3 is 4.74 Å². The Kier molecular flexibility index (Phi) is 1.48. The zero-order valence-corrected chi connectivity index (χ0v) is 4.92. The van der Waals surface area contributed by atoms with Crippen LogP contribution in [0.4, 0.5) is 0 Å². The first-order valence-corrected chi connectivity index (χ1v) is 2.41. The molecule has 0 saturated heterocycles. The van der Waals surface area contributed by atoms with E-state index >= 15 is 0 Å². The Bertz CT molecular complexity index is 243. The summed E-state index contributed by atoms with van der Waals surface area (Å²) in [5, 5.41) is 0. The molecular formula is C5H6N2O2. The number of methoxy groups -OCH3 is 1. The van der Waals surface area contributed by atoms with E-state index in [4.69, 9.17) is 0 Å². The molecule has 0 aliphatic carbocycles. The van der Waals surface area contributed by atoms with Crippen molar-refractivity contribution < 1.29 is 4.74 Å². The maximum absolute atomic E-state index is 10.5. The first-order valence-electron chi connectivity index (χ1n) is 2.41. The van der Waals surface area contributed by atoms with Gasteiger partial charge in [0.1, 0.15) is 0 Å². The molecule has 1 heterocycles. The average molecular weight is 126 g/mol. The minimum absolute atomic E-state index is 0.255. The van der Waals surface area contributed by atoms with Crippen molar-refractivity contribution in [3.63, 3.8) is 0 Å². The Morgan fingerprint density at radius 3 is 2.89 bits per heavy atom. The Hall–Kier alpha value is -1.32. The van der Waals surface area contributed by atoms with Crippen molar-refractivity contribution in [2.24, 2.45) is 0 Å².